The van der Waals surface area contributed by atoms with Crippen LogP contribution in [-0.4, -0.2) is 41.3 Å². The lowest BCUT2D eigenvalue weighted by molar-refractivity contribution is -0.211. The van der Waals surface area contributed by atoms with Crippen molar-refractivity contribution in [3.8, 4) is 0 Å². The van der Waals surface area contributed by atoms with E-state index in [9.17, 15) is 9.90 Å². The fourth-order valence-electron chi connectivity index (χ4n) is 3.39. The van der Waals surface area contributed by atoms with E-state index in [1.807, 2.05) is 0 Å². The lowest BCUT2D eigenvalue weighted by Crippen LogP contribution is -2.38. The van der Waals surface area contributed by atoms with Gasteiger partial charge in [-0.05, 0) is 59.8 Å². The first-order valence-corrected chi connectivity index (χ1v) is 12.0. The van der Waals surface area contributed by atoms with Gasteiger partial charge in [-0.3, -0.25) is 4.79 Å². The van der Waals surface area contributed by atoms with E-state index in [2.05, 4.69) is 19.1 Å². The minimum atomic E-state index is -1.22. The fraction of sp³-hybridized carbons (Fsp3) is 0.880. The first kappa shape index (κ1) is 27.1. The second-order valence-corrected chi connectivity index (χ2v) is 9.69. The smallest absolute Gasteiger partial charge is 0.306 e. The van der Waals surface area contributed by atoms with Crippen LogP contribution in [0.5, 0.6) is 0 Å². The molecule has 0 amide bonds. The summed E-state index contributed by atoms with van der Waals surface area (Å²) < 4.78 is 16.5. The highest BCUT2D eigenvalue weighted by molar-refractivity contribution is 5.69. The Bertz CT molecular complexity index is 492. The summed E-state index contributed by atoms with van der Waals surface area (Å²) in [4.78, 5) is 12.0. The number of epoxide rings is 1. The molecule has 1 fully saturated rings. The Morgan fingerprint density at radius 1 is 0.967 bits per heavy atom. The highest BCUT2D eigenvalue weighted by Crippen LogP contribution is 2.30. The number of hydrogen-bond donors (Lipinski definition) is 1. The molecule has 1 saturated heterocycles. The molecule has 0 bridgehead atoms. The van der Waals surface area contributed by atoms with E-state index in [-0.39, 0.29) is 12.6 Å². The Morgan fingerprint density at radius 2 is 1.67 bits per heavy atom. The number of rotatable bonds is 18. The van der Waals surface area contributed by atoms with Gasteiger partial charge in [-0.2, -0.15) is 0 Å². The molecule has 176 valence electrons. The largest absolute Gasteiger partial charge is 0.457 e. The second kappa shape index (κ2) is 14.2. The molecule has 1 heterocycles. The molecule has 1 rings (SSSR count). The van der Waals surface area contributed by atoms with Crippen LogP contribution in [0.4, 0.5) is 0 Å². The van der Waals surface area contributed by atoms with E-state index in [1.165, 1.54) is 38.5 Å². The van der Waals surface area contributed by atoms with E-state index in [0.29, 0.717) is 18.6 Å². The summed E-state index contributed by atoms with van der Waals surface area (Å²) in [5, 5.41) is 9.61. The van der Waals surface area contributed by atoms with Crippen LogP contribution < -0.4 is 0 Å². The number of aliphatic hydroxyl groups is 1. The molecule has 0 aromatic carbocycles. The topological polar surface area (TPSA) is 68.3 Å². The van der Waals surface area contributed by atoms with Crippen LogP contribution >= 0.6 is 0 Å². The number of hydrogen-bond acceptors (Lipinski definition) is 5. The standard InChI is InChI=1S/C25H46O5/c1-6-7-14-17-21-22(29-21)18-15-12-10-8-9-11-13-16-19-23(26)30-24(2,3)20-28-25(4,5)27/h12,15,21-22,27H,6-11,13-14,16-20H2,1-5H3/b15-12-/t21-,22+/m1/s1. The summed E-state index contributed by atoms with van der Waals surface area (Å²) in [6, 6.07) is 0. The number of ether oxygens (including phenoxy) is 3. The van der Waals surface area contributed by atoms with Crippen LogP contribution in [0.2, 0.25) is 0 Å². The van der Waals surface area contributed by atoms with Crippen molar-refractivity contribution < 1.29 is 24.1 Å². The van der Waals surface area contributed by atoms with Crippen molar-refractivity contribution in [1.29, 1.82) is 0 Å². The van der Waals surface area contributed by atoms with Crippen LogP contribution in [0.25, 0.3) is 0 Å². The van der Waals surface area contributed by atoms with E-state index in [1.54, 1.807) is 27.7 Å². The molecule has 0 aliphatic carbocycles. The van der Waals surface area contributed by atoms with E-state index >= 15 is 0 Å². The first-order valence-electron chi connectivity index (χ1n) is 12.0. The molecule has 1 N–H and O–H groups in total. The summed E-state index contributed by atoms with van der Waals surface area (Å²) in [7, 11) is 0. The highest BCUT2D eigenvalue weighted by atomic mass is 16.6. The summed E-state index contributed by atoms with van der Waals surface area (Å²) in [5.74, 6) is -1.42. The predicted octanol–water partition coefficient (Wildman–Crippen LogP) is 6.08. The Hall–Kier alpha value is -0.910. The van der Waals surface area contributed by atoms with E-state index in [0.717, 1.165) is 32.1 Å². The highest BCUT2D eigenvalue weighted by Gasteiger charge is 2.36. The molecule has 0 aromatic heterocycles. The van der Waals surface area contributed by atoms with Gasteiger partial charge in [0.1, 0.15) is 5.60 Å². The van der Waals surface area contributed by atoms with Crippen LogP contribution in [0.15, 0.2) is 12.2 Å². The number of unbranched alkanes of at least 4 members (excludes halogenated alkanes) is 7. The van der Waals surface area contributed by atoms with Gasteiger partial charge in [0.25, 0.3) is 0 Å². The van der Waals surface area contributed by atoms with E-state index < -0.39 is 11.4 Å². The van der Waals surface area contributed by atoms with Crippen LogP contribution in [0.1, 0.15) is 112 Å². The zero-order valence-electron chi connectivity index (χ0n) is 20.1. The molecule has 0 aromatic rings. The van der Waals surface area contributed by atoms with Crippen molar-refractivity contribution in [2.75, 3.05) is 6.61 Å². The summed E-state index contributed by atoms with van der Waals surface area (Å²) in [6.07, 6.45) is 18.8. The van der Waals surface area contributed by atoms with Crippen molar-refractivity contribution in [1.82, 2.24) is 0 Å². The zero-order chi connectivity index (χ0) is 22.5. The van der Waals surface area contributed by atoms with Gasteiger partial charge in [0, 0.05) is 6.42 Å². The van der Waals surface area contributed by atoms with Gasteiger partial charge in [0.2, 0.25) is 0 Å². The number of carbonyl (C=O) groups is 1. The van der Waals surface area contributed by atoms with Crippen molar-refractivity contribution in [3.63, 3.8) is 0 Å². The van der Waals surface area contributed by atoms with Crippen LogP contribution in [0, 0.1) is 0 Å². The molecule has 2 atom stereocenters. The van der Waals surface area contributed by atoms with Crippen LogP contribution in [-0.2, 0) is 19.0 Å². The van der Waals surface area contributed by atoms with Crippen molar-refractivity contribution in [3.05, 3.63) is 12.2 Å². The SMILES string of the molecule is CCCCC[C@H]1O[C@H]1C/C=C\CCCCCCCC(=O)OC(C)(C)COC(C)(C)O. The Balaban J connectivity index is 1.93. The number of carbonyl (C=O) groups excluding carboxylic acids is 1. The van der Waals surface area contributed by atoms with Crippen molar-refractivity contribution >= 4 is 5.97 Å². The molecule has 5 heteroatoms. The monoisotopic (exact) mass is 426 g/mol. The van der Waals surface area contributed by atoms with Gasteiger partial charge < -0.3 is 19.3 Å². The molecule has 0 radical (unpaired) electrons. The van der Waals surface area contributed by atoms with E-state index in [4.69, 9.17) is 14.2 Å². The Morgan fingerprint density at radius 3 is 2.37 bits per heavy atom. The molecule has 5 nitrogen and oxygen atoms in total. The van der Waals surface area contributed by atoms with Gasteiger partial charge in [-0.1, -0.05) is 57.6 Å². The lowest BCUT2D eigenvalue weighted by atomic mass is 10.1. The molecule has 0 spiro atoms. The molecular formula is C25H46O5. The van der Waals surface area contributed by atoms with Crippen molar-refractivity contribution in [2.24, 2.45) is 0 Å². The van der Waals surface area contributed by atoms with Gasteiger partial charge >= 0.3 is 5.97 Å². The first-order chi connectivity index (χ1) is 14.1. The third kappa shape index (κ3) is 15.0. The van der Waals surface area contributed by atoms with Gasteiger partial charge in [0.05, 0.1) is 18.8 Å². The maximum atomic E-state index is 12.0. The van der Waals surface area contributed by atoms with Crippen molar-refractivity contribution in [2.45, 2.75) is 135 Å². The van der Waals surface area contributed by atoms with Gasteiger partial charge in [0.15, 0.2) is 5.79 Å². The normalized spacial score (nSPS) is 19.4. The average molecular weight is 427 g/mol. The Kier molecular flexibility index (Phi) is 12.8. The predicted molar refractivity (Wildman–Crippen MR) is 121 cm³/mol. The minimum Gasteiger partial charge on any atom is -0.457 e. The molecule has 30 heavy (non-hydrogen) atoms. The average Bonchev–Trinajstić information content (AvgIpc) is 3.39. The number of allylic oxidation sites excluding steroid dienone is 1. The molecule has 1 aliphatic rings. The summed E-state index contributed by atoms with van der Waals surface area (Å²) in [5.41, 5.74) is -0.732. The Labute approximate surface area is 184 Å². The third-order valence-corrected chi connectivity index (χ3v) is 5.23. The zero-order valence-corrected chi connectivity index (χ0v) is 20.1. The summed E-state index contributed by atoms with van der Waals surface area (Å²) in [6.45, 7) is 9.13. The molecule has 0 unspecified atom stereocenters. The quantitative estimate of drug-likeness (QED) is 0.0946. The van der Waals surface area contributed by atoms with Crippen LogP contribution in [0.3, 0.4) is 0 Å². The minimum absolute atomic E-state index is 0.169. The third-order valence-electron chi connectivity index (χ3n) is 5.23. The van der Waals surface area contributed by atoms with Gasteiger partial charge in [-0.15, -0.1) is 0 Å². The fourth-order valence-corrected chi connectivity index (χ4v) is 3.39. The summed E-state index contributed by atoms with van der Waals surface area (Å²) >= 11 is 0. The molecule has 0 saturated carbocycles. The second-order valence-electron chi connectivity index (χ2n) is 9.69. The maximum absolute atomic E-state index is 12.0. The molecular weight excluding hydrogens is 380 g/mol. The molecule has 1 aliphatic heterocycles. The maximum Gasteiger partial charge on any atom is 0.306 e. The number of esters is 1. The van der Waals surface area contributed by atoms with Gasteiger partial charge in [-0.25, -0.2) is 0 Å². The lowest BCUT2D eigenvalue weighted by Gasteiger charge is -2.28.